The summed E-state index contributed by atoms with van der Waals surface area (Å²) in [6, 6.07) is 0. The van der Waals surface area contributed by atoms with Gasteiger partial charge in [0.15, 0.2) is 0 Å². The Bertz CT molecular complexity index is 259. The van der Waals surface area contributed by atoms with Gasteiger partial charge in [-0.15, -0.1) is 0 Å². The lowest BCUT2D eigenvalue weighted by atomic mass is 10.1. The molecular weight excluding hydrogens is 200 g/mol. The molecule has 0 aromatic carbocycles. The monoisotopic (exact) mass is 214 g/mol. The molecule has 0 aromatic heterocycles. The van der Waals surface area contributed by atoms with E-state index in [-0.39, 0.29) is 37.6 Å². The highest BCUT2D eigenvalue weighted by atomic mass is 16.5. The summed E-state index contributed by atoms with van der Waals surface area (Å²) in [5.74, 6) is -1.16. The Balaban J connectivity index is 2.42. The lowest BCUT2D eigenvalue weighted by Crippen LogP contribution is -2.16. The Morgan fingerprint density at radius 3 is 2.07 bits per heavy atom. The van der Waals surface area contributed by atoms with Gasteiger partial charge in [-0.1, -0.05) is 0 Å². The Morgan fingerprint density at radius 1 is 0.800 bits per heavy atom. The second-order valence-electron chi connectivity index (χ2n) is 3.36. The van der Waals surface area contributed by atoms with E-state index >= 15 is 0 Å². The zero-order chi connectivity index (χ0) is 11.1. The summed E-state index contributed by atoms with van der Waals surface area (Å²) >= 11 is 0. The molecule has 0 unspecified atom stereocenters. The first-order valence-electron chi connectivity index (χ1n) is 5.01. The molecule has 0 bridgehead atoms. The normalized spacial score (nSPS) is 20.9. The highest BCUT2D eigenvalue weighted by Gasteiger charge is 2.14. The lowest BCUT2D eigenvalue weighted by Gasteiger charge is -2.08. The van der Waals surface area contributed by atoms with E-state index in [0.29, 0.717) is 19.4 Å². The van der Waals surface area contributed by atoms with E-state index in [4.69, 9.17) is 9.47 Å². The van der Waals surface area contributed by atoms with Crippen molar-refractivity contribution in [1.82, 2.24) is 0 Å². The number of carbonyl (C=O) groups excluding carboxylic acids is 3. The van der Waals surface area contributed by atoms with Gasteiger partial charge in [0.25, 0.3) is 0 Å². The van der Waals surface area contributed by atoms with Crippen molar-refractivity contribution in [3.63, 3.8) is 0 Å². The second-order valence-corrected chi connectivity index (χ2v) is 3.36. The fourth-order valence-corrected chi connectivity index (χ4v) is 1.19. The number of ether oxygens (including phenoxy) is 2. The number of hydrogen-bond acceptors (Lipinski definition) is 5. The van der Waals surface area contributed by atoms with Gasteiger partial charge in [-0.2, -0.15) is 0 Å². The molecule has 0 atom stereocenters. The van der Waals surface area contributed by atoms with Crippen LogP contribution in [-0.4, -0.2) is 30.9 Å². The van der Waals surface area contributed by atoms with Crippen molar-refractivity contribution >= 4 is 17.7 Å². The summed E-state index contributed by atoms with van der Waals surface area (Å²) in [6.07, 6.45) is 1.17. The summed E-state index contributed by atoms with van der Waals surface area (Å²) in [6.45, 7) is 0.605. The molecule has 0 aliphatic carbocycles. The highest BCUT2D eigenvalue weighted by Crippen LogP contribution is 2.03. The second kappa shape index (κ2) is 6.16. The Morgan fingerprint density at radius 2 is 1.40 bits per heavy atom. The number of esters is 2. The molecule has 5 nitrogen and oxygen atoms in total. The van der Waals surface area contributed by atoms with Crippen LogP contribution in [0.25, 0.3) is 0 Å². The SMILES string of the molecule is O=C1CCC(=O)OCCCCOC(=O)C1. The molecule has 1 rings (SSSR count). The molecule has 5 heteroatoms. The molecule has 0 saturated carbocycles. The molecule has 0 radical (unpaired) electrons. The summed E-state index contributed by atoms with van der Waals surface area (Å²) in [7, 11) is 0. The summed E-state index contributed by atoms with van der Waals surface area (Å²) in [4.78, 5) is 33.2. The van der Waals surface area contributed by atoms with Gasteiger partial charge in [-0.25, -0.2) is 0 Å². The molecule has 0 spiro atoms. The standard InChI is InChI=1S/C10H14O5/c11-8-3-4-9(12)14-5-1-2-6-15-10(13)7-8/h1-7H2. The average Bonchev–Trinajstić information content (AvgIpc) is 2.18. The van der Waals surface area contributed by atoms with Crippen LogP contribution in [0, 0.1) is 0 Å². The summed E-state index contributed by atoms with van der Waals surface area (Å²) < 4.78 is 9.67. The molecule has 1 aliphatic heterocycles. The van der Waals surface area contributed by atoms with Crippen molar-refractivity contribution in [3.8, 4) is 0 Å². The zero-order valence-electron chi connectivity index (χ0n) is 8.49. The maximum absolute atomic E-state index is 11.1. The van der Waals surface area contributed by atoms with Crippen molar-refractivity contribution in [2.75, 3.05) is 13.2 Å². The van der Waals surface area contributed by atoms with Crippen molar-refractivity contribution in [2.45, 2.75) is 32.1 Å². The molecule has 1 saturated heterocycles. The first kappa shape index (κ1) is 11.7. The van der Waals surface area contributed by atoms with E-state index in [1.165, 1.54) is 0 Å². The molecule has 0 aromatic rings. The van der Waals surface area contributed by atoms with Crippen LogP contribution in [0.15, 0.2) is 0 Å². The zero-order valence-corrected chi connectivity index (χ0v) is 8.49. The van der Waals surface area contributed by atoms with Crippen LogP contribution in [-0.2, 0) is 23.9 Å². The van der Waals surface area contributed by atoms with Gasteiger partial charge in [0.05, 0.1) is 19.6 Å². The predicted octanol–water partition coefficient (Wildman–Crippen LogP) is 0.606. The van der Waals surface area contributed by atoms with E-state index in [2.05, 4.69) is 0 Å². The lowest BCUT2D eigenvalue weighted by molar-refractivity contribution is -0.150. The van der Waals surface area contributed by atoms with Crippen LogP contribution in [0.1, 0.15) is 32.1 Å². The summed E-state index contributed by atoms with van der Waals surface area (Å²) in [5.41, 5.74) is 0. The predicted molar refractivity (Wildman–Crippen MR) is 50.0 cm³/mol. The van der Waals surface area contributed by atoms with Crippen LogP contribution in [0.3, 0.4) is 0 Å². The average molecular weight is 214 g/mol. The highest BCUT2D eigenvalue weighted by molar-refractivity contribution is 5.96. The number of rotatable bonds is 0. The molecular formula is C10H14O5. The number of hydrogen-bond donors (Lipinski definition) is 0. The number of ketones is 1. The van der Waals surface area contributed by atoms with Crippen LogP contribution in [0.5, 0.6) is 0 Å². The minimum atomic E-state index is -0.506. The minimum Gasteiger partial charge on any atom is -0.466 e. The Labute approximate surface area is 87.7 Å². The van der Waals surface area contributed by atoms with Crippen molar-refractivity contribution < 1.29 is 23.9 Å². The quantitative estimate of drug-likeness (QED) is 0.436. The van der Waals surface area contributed by atoms with Crippen molar-refractivity contribution in [3.05, 3.63) is 0 Å². The third-order valence-corrected chi connectivity index (χ3v) is 2.01. The van der Waals surface area contributed by atoms with E-state index < -0.39 is 5.97 Å². The Kier molecular flexibility index (Phi) is 4.80. The van der Waals surface area contributed by atoms with Gasteiger partial charge in [0, 0.05) is 6.42 Å². The fourth-order valence-electron chi connectivity index (χ4n) is 1.19. The molecule has 1 fully saturated rings. The van der Waals surface area contributed by atoms with E-state index in [1.54, 1.807) is 0 Å². The smallest absolute Gasteiger partial charge is 0.313 e. The molecule has 0 amide bonds. The van der Waals surface area contributed by atoms with Crippen LogP contribution < -0.4 is 0 Å². The molecule has 15 heavy (non-hydrogen) atoms. The van der Waals surface area contributed by atoms with Crippen LogP contribution >= 0.6 is 0 Å². The fraction of sp³-hybridized carbons (Fsp3) is 0.700. The maximum atomic E-state index is 11.1. The summed E-state index contributed by atoms with van der Waals surface area (Å²) in [5, 5.41) is 0. The van der Waals surface area contributed by atoms with Gasteiger partial charge in [-0.05, 0) is 12.8 Å². The Hall–Kier alpha value is -1.39. The first-order chi connectivity index (χ1) is 7.18. The third kappa shape index (κ3) is 5.15. The number of Topliss-reactive ketones (excluding diaryl/α,β-unsaturated/α-hetero) is 1. The maximum Gasteiger partial charge on any atom is 0.313 e. The topological polar surface area (TPSA) is 69.7 Å². The van der Waals surface area contributed by atoms with E-state index in [9.17, 15) is 14.4 Å². The van der Waals surface area contributed by atoms with Crippen molar-refractivity contribution in [2.24, 2.45) is 0 Å². The molecule has 1 heterocycles. The van der Waals surface area contributed by atoms with E-state index in [1.807, 2.05) is 0 Å². The van der Waals surface area contributed by atoms with Gasteiger partial charge < -0.3 is 9.47 Å². The first-order valence-corrected chi connectivity index (χ1v) is 5.01. The van der Waals surface area contributed by atoms with Gasteiger partial charge in [0.2, 0.25) is 0 Å². The van der Waals surface area contributed by atoms with E-state index in [0.717, 1.165) is 0 Å². The van der Waals surface area contributed by atoms with Crippen LogP contribution in [0.2, 0.25) is 0 Å². The number of carbonyl (C=O) groups is 3. The molecule has 1 aliphatic rings. The van der Waals surface area contributed by atoms with Gasteiger partial charge in [0.1, 0.15) is 12.2 Å². The number of cyclic esters (lactones) is 2. The third-order valence-electron chi connectivity index (χ3n) is 2.01. The van der Waals surface area contributed by atoms with Crippen molar-refractivity contribution in [1.29, 1.82) is 0 Å². The molecule has 0 N–H and O–H groups in total. The van der Waals surface area contributed by atoms with Crippen LogP contribution in [0.4, 0.5) is 0 Å². The van der Waals surface area contributed by atoms with Gasteiger partial charge >= 0.3 is 11.9 Å². The largest absolute Gasteiger partial charge is 0.466 e. The van der Waals surface area contributed by atoms with Gasteiger partial charge in [-0.3, -0.25) is 14.4 Å². The molecule has 84 valence electrons. The minimum absolute atomic E-state index is 0.0477.